The summed E-state index contributed by atoms with van der Waals surface area (Å²) in [6.07, 6.45) is 2.02. The SMILES string of the molecule is N=C(N)c1ccc2ccc(CN(c3ccc(OC4CCNCC4)cc3)S(=O)(=O)c3ccc(N)cc3)cc2c1. The molecule has 9 heteroatoms. The lowest BCUT2D eigenvalue weighted by molar-refractivity contribution is 0.162. The summed E-state index contributed by atoms with van der Waals surface area (Å²) in [6.45, 7) is 1.97. The molecule has 0 radical (unpaired) electrons. The molecule has 196 valence electrons. The van der Waals surface area contributed by atoms with Gasteiger partial charge in [-0.2, -0.15) is 0 Å². The highest BCUT2D eigenvalue weighted by molar-refractivity contribution is 7.92. The van der Waals surface area contributed by atoms with Gasteiger partial charge in [-0.15, -0.1) is 0 Å². The van der Waals surface area contributed by atoms with Crippen LogP contribution in [0.1, 0.15) is 24.0 Å². The number of hydrogen-bond donors (Lipinski definition) is 4. The molecule has 1 heterocycles. The van der Waals surface area contributed by atoms with Crippen molar-refractivity contribution in [3.8, 4) is 5.75 Å². The Balaban J connectivity index is 1.49. The third kappa shape index (κ3) is 5.58. The van der Waals surface area contributed by atoms with Crippen LogP contribution in [-0.2, 0) is 16.6 Å². The van der Waals surface area contributed by atoms with Gasteiger partial charge >= 0.3 is 0 Å². The van der Waals surface area contributed by atoms with Gasteiger partial charge in [0.15, 0.2) is 0 Å². The number of piperidine rings is 1. The first-order valence-corrected chi connectivity index (χ1v) is 14.0. The van der Waals surface area contributed by atoms with Gasteiger partial charge in [-0.05, 0) is 103 Å². The highest BCUT2D eigenvalue weighted by Crippen LogP contribution is 2.30. The first-order valence-electron chi connectivity index (χ1n) is 12.5. The number of anilines is 2. The van der Waals surface area contributed by atoms with E-state index in [0.29, 0.717) is 22.7 Å². The predicted octanol–water partition coefficient (Wildman–Crippen LogP) is 4.23. The van der Waals surface area contributed by atoms with Crippen LogP contribution in [0.3, 0.4) is 0 Å². The summed E-state index contributed by atoms with van der Waals surface area (Å²) in [5.41, 5.74) is 13.9. The summed E-state index contributed by atoms with van der Waals surface area (Å²) >= 11 is 0. The number of nitrogen functional groups attached to an aromatic ring is 2. The summed E-state index contributed by atoms with van der Waals surface area (Å²) in [5, 5.41) is 12.9. The topological polar surface area (TPSA) is 135 Å². The van der Waals surface area contributed by atoms with Crippen molar-refractivity contribution in [2.24, 2.45) is 5.73 Å². The maximum absolute atomic E-state index is 13.9. The van der Waals surface area contributed by atoms with Crippen LogP contribution in [0.5, 0.6) is 5.75 Å². The average molecular weight is 530 g/mol. The number of nitrogens with zero attached hydrogens (tertiary/aromatic N) is 1. The number of sulfonamides is 1. The Hall–Kier alpha value is -4.08. The van der Waals surface area contributed by atoms with Gasteiger partial charge in [-0.25, -0.2) is 8.42 Å². The first-order chi connectivity index (χ1) is 18.3. The van der Waals surface area contributed by atoms with E-state index in [0.717, 1.165) is 42.3 Å². The first kappa shape index (κ1) is 25.6. The van der Waals surface area contributed by atoms with Crippen LogP contribution in [0.2, 0.25) is 0 Å². The Kier molecular flexibility index (Phi) is 7.22. The molecule has 1 aliphatic heterocycles. The molecule has 1 aliphatic rings. The number of nitrogens with one attached hydrogen (secondary N) is 2. The normalized spacial score (nSPS) is 14.3. The lowest BCUT2D eigenvalue weighted by Gasteiger charge is -2.26. The Morgan fingerprint density at radius 3 is 2.29 bits per heavy atom. The number of fused-ring (bicyclic) bond motifs is 1. The molecule has 0 aromatic heterocycles. The molecule has 0 bridgehead atoms. The third-order valence-corrected chi connectivity index (χ3v) is 8.51. The molecule has 0 unspecified atom stereocenters. The van der Waals surface area contributed by atoms with Crippen LogP contribution in [-0.4, -0.2) is 33.4 Å². The van der Waals surface area contributed by atoms with E-state index in [1.807, 2.05) is 42.5 Å². The largest absolute Gasteiger partial charge is 0.490 e. The van der Waals surface area contributed by atoms with Crippen LogP contribution < -0.4 is 25.8 Å². The van der Waals surface area contributed by atoms with Crippen molar-refractivity contribution in [3.05, 3.63) is 96.1 Å². The number of ether oxygens (including phenoxy) is 1. The summed E-state index contributed by atoms with van der Waals surface area (Å²) in [5.74, 6) is 0.699. The zero-order valence-electron chi connectivity index (χ0n) is 20.9. The van der Waals surface area contributed by atoms with Gasteiger partial charge in [-0.3, -0.25) is 9.71 Å². The second kappa shape index (κ2) is 10.7. The van der Waals surface area contributed by atoms with Gasteiger partial charge in [0.2, 0.25) is 0 Å². The van der Waals surface area contributed by atoms with Crippen molar-refractivity contribution < 1.29 is 13.2 Å². The van der Waals surface area contributed by atoms with Crippen LogP contribution in [0.15, 0.2) is 89.8 Å². The van der Waals surface area contributed by atoms with Crippen LogP contribution in [0, 0.1) is 5.41 Å². The van der Waals surface area contributed by atoms with E-state index in [2.05, 4.69) is 5.32 Å². The van der Waals surface area contributed by atoms with Crippen LogP contribution in [0.25, 0.3) is 10.8 Å². The minimum absolute atomic E-state index is 0.0170. The monoisotopic (exact) mass is 529 g/mol. The molecular weight excluding hydrogens is 498 g/mol. The highest BCUT2D eigenvalue weighted by atomic mass is 32.2. The number of rotatable bonds is 8. The average Bonchev–Trinajstić information content (AvgIpc) is 2.92. The molecule has 0 saturated carbocycles. The minimum atomic E-state index is -3.91. The smallest absolute Gasteiger partial charge is 0.264 e. The number of hydrogen-bond acceptors (Lipinski definition) is 6. The summed E-state index contributed by atoms with van der Waals surface area (Å²) in [4.78, 5) is 0.154. The molecule has 4 aromatic rings. The molecule has 5 rings (SSSR count). The summed E-state index contributed by atoms with van der Waals surface area (Å²) in [7, 11) is -3.91. The molecular formula is C29H31N5O3S. The zero-order chi connectivity index (χ0) is 26.7. The van der Waals surface area contributed by atoms with E-state index in [-0.39, 0.29) is 23.4 Å². The van der Waals surface area contributed by atoms with Crippen molar-refractivity contribution in [2.45, 2.75) is 30.4 Å². The van der Waals surface area contributed by atoms with E-state index in [1.54, 1.807) is 30.3 Å². The number of nitrogens with two attached hydrogens (primary N) is 2. The second-order valence-corrected chi connectivity index (χ2v) is 11.3. The molecule has 4 aromatic carbocycles. The van der Waals surface area contributed by atoms with Crippen molar-refractivity contribution >= 4 is 38.0 Å². The fraction of sp³-hybridized carbons (Fsp3) is 0.207. The summed E-state index contributed by atoms with van der Waals surface area (Å²) in [6, 6.07) is 24.7. The second-order valence-electron chi connectivity index (χ2n) is 9.45. The lowest BCUT2D eigenvalue weighted by Crippen LogP contribution is -2.34. The Labute approximate surface area is 222 Å². The fourth-order valence-corrected chi connectivity index (χ4v) is 6.06. The fourth-order valence-electron chi connectivity index (χ4n) is 4.61. The van der Waals surface area contributed by atoms with Crippen LogP contribution in [0.4, 0.5) is 11.4 Å². The lowest BCUT2D eigenvalue weighted by atomic mass is 10.0. The minimum Gasteiger partial charge on any atom is -0.490 e. The van der Waals surface area contributed by atoms with E-state index >= 15 is 0 Å². The van der Waals surface area contributed by atoms with Gasteiger partial charge in [0.05, 0.1) is 17.1 Å². The number of amidine groups is 1. The quantitative estimate of drug-likeness (QED) is 0.153. The van der Waals surface area contributed by atoms with Gasteiger partial charge in [0, 0.05) is 11.3 Å². The summed E-state index contributed by atoms with van der Waals surface area (Å²) < 4.78 is 35.2. The van der Waals surface area contributed by atoms with Crippen molar-refractivity contribution in [3.63, 3.8) is 0 Å². The van der Waals surface area contributed by atoms with E-state index in [9.17, 15) is 8.42 Å². The standard InChI is InChI=1S/C29H31N5O3S/c30-24-5-11-28(12-6-24)38(35,36)34(25-7-9-26(10-8-25)37-27-13-15-33-16-14-27)19-20-1-2-21-3-4-22(29(31)32)18-23(21)17-20/h1-12,17-18,27,33H,13-16,19,30H2,(H3,31,32). The Bertz CT molecular complexity index is 1550. The highest BCUT2D eigenvalue weighted by Gasteiger charge is 2.26. The third-order valence-electron chi connectivity index (χ3n) is 6.72. The molecule has 1 fully saturated rings. The molecule has 0 aliphatic carbocycles. The maximum atomic E-state index is 13.9. The zero-order valence-corrected chi connectivity index (χ0v) is 21.7. The Morgan fingerprint density at radius 2 is 1.61 bits per heavy atom. The Morgan fingerprint density at radius 1 is 0.921 bits per heavy atom. The van der Waals surface area contributed by atoms with Crippen molar-refractivity contribution in [2.75, 3.05) is 23.1 Å². The molecule has 0 spiro atoms. The molecule has 38 heavy (non-hydrogen) atoms. The molecule has 8 nitrogen and oxygen atoms in total. The number of benzene rings is 4. The van der Waals surface area contributed by atoms with Gasteiger partial charge in [0.25, 0.3) is 10.0 Å². The van der Waals surface area contributed by atoms with Gasteiger partial charge in [-0.1, -0.05) is 24.3 Å². The molecule has 1 saturated heterocycles. The maximum Gasteiger partial charge on any atom is 0.264 e. The van der Waals surface area contributed by atoms with Crippen molar-refractivity contribution in [1.29, 1.82) is 5.41 Å². The van der Waals surface area contributed by atoms with Crippen molar-refractivity contribution in [1.82, 2.24) is 5.32 Å². The van der Waals surface area contributed by atoms with E-state index in [1.165, 1.54) is 16.4 Å². The predicted molar refractivity (Wildman–Crippen MR) is 152 cm³/mol. The van der Waals surface area contributed by atoms with Gasteiger partial charge in [0.1, 0.15) is 17.7 Å². The van der Waals surface area contributed by atoms with Crippen LogP contribution >= 0.6 is 0 Å². The van der Waals surface area contributed by atoms with E-state index < -0.39 is 10.0 Å². The van der Waals surface area contributed by atoms with Gasteiger partial charge < -0.3 is 21.5 Å². The molecule has 6 N–H and O–H groups in total. The molecule has 0 atom stereocenters. The van der Waals surface area contributed by atoms with E-state index in [4.69, 9.17) is 21.6 Å². The molecule has 0 amide bonds.